The minimum atomic E-state index is -4.50. The number of rotatable bonds is 4. The molecule has 0 aliphatic carbocycles. The molecule has 124 valence electrons. The molecule has 0 aliphatic rings. The van der Waals surface area contributed by atoms with Gasteiger partial charge in [0.25, 0.3) is 20.0 Å². The van der Waals surface area contributed by atoms with Gasteiger partial charge in [0, 0.05) is 10.0 Å². The Bertz CT molecular complexity index is 895. The normalized spacial score (nSPS) is 12.3. The van der Waals surface area contributed by atoms with Crippen LogP contribution in [0.2, 0.25) is 20.1 Å². The Kier molecular flexibility index (Phi) is 5.52. The summed E-state index contributed by atoms with van der Waals surface area (Å²) in [6.45, 7) is 0. The molecule has 11 heteroatoms. The molecule has 5 nitrogen and oxygen atoms in total. The number of hydrogen-bond donors (Lipinski definition) is 1. The third kappa shape index (κ3) is 4.30. The summed E-state index contributed by atoms with van der Waals surface area (Å²) in [5.74, 6) is 0. The number of benzene rings is 2. The molecule has 0 fully saturated rings. The maximum atomic E-state index is 12.3. The third-order valence-electron chi connectivity index (χ3n) is 2.58. The average molecular weight is 435 g/mol. The summed E-state index contributed by atoms with van der Waals surface area (Å²) < 4.78 is 50.7. The number of sulfonamides is 2. The van der Waals surface area contributed by atoms with Crippen LogP contribution in [-0.2, 0) is 20.0 Å². The minimum Gasteiger partial charge on any atom is -0.206 e. The highest BCUT2D eigenvalue weighted by molar-refractivity contribution is 8.04. The fraction of sp³-hybridized carbons (Fsp3) is 0. The largest absolute Gasteiger partial charge is 0.255 e. The Labute approximate surface area is 153 Å². The zero-order chi connectivity index (χ0) is 17.4. The summed E-state index contributed by atoms with van der Waals surface area (Å²) in [7, 11) is -9.01. The Morgan fingerprint density at radius 1 is 0.652 bits per heavy atom. The van der Waals surface area contributed by atoms with Crippen LogP contribution in [0.25, 0.3) is 0 Å². The van der Waals surface area contributed by atoms with Gasteiger partial charge in [-0.25, -0.2) is 16.8 Å². The molecular formula is C12H7Cl4NO4S2. The maximum Gasteiger partial charge on any atom is 0.255 e. The fourth-order valence-electron chi connectivity index (χ4n) is 1.60. The lowest BCUT2D eigenvalue weighted by molar-refractivity contribution is 0.577. The molecule has 0 saturated heterocycles. The van der Waals surface area contributed by atoms with Crippen molar-refractivity contribution in [1.29, 1.82) is 0 Å². The Hall–Kier alpha value is -0.540. The van der Waals surface area contributed by atoms with E-state index in [4.69, 9.17) is 46.4 Å². The van der Waals surface area contributed by atoms with Crippen LogP contribution in [0.15, 0.2) is 46.2 Å². The highest BCUT2D eigenvalue weighted by Crippen LogP contribution is 2.28. The summed E-state index contributed by atoms with van der Waals surface area (Å²) in [5, 5.41) is -0.218. The molecule has 0 amide bonds. The molecule has 0 saturated carbocycles. The lowest BCUT2D eigenvalue weighted by Gasteiger charge is -2.11. The first-order valence-electron chi connectivity index (χ1n) is 5.72. The van der Waals surface area contributed by atoms with Crippen molar-refractivity contribution < 1.29 is 16.8 Å². The molecule has 2 aromatic carbocycles. The molecule has 23 heavy (non-hydrogen) atoms. The molecule has 0 aromatic heterocycles. The van der Waals surface area contributed by atoms with E-state index < -0.39 is 29.8 Å². The van der Waals surface area contributed by atoms with Gasteiger partial charge >= 0.3 is 0 Å². The second-order valence-corrected chi connectivity index (χ2v) is 9.49. The lowest BCUT2D eigenvalue weighted by atomic mass is 10.4. The standard InChI is InChI=1S/C12H7Cl4NO4S2/c13-7-1-3-9(15)11(5-7)22(18,19)17-23(20,21)12-6-8(14)2-4-10(12)16/h1-6,17H. The van der Waals surface area contributed by atoms with E-state index in [9.17, 15) is 16.8 Å². The number of halogens is 4. The van der Waals surface area contributed by atoms with E-state index in [0.717, 1.165) is 12.1 Å². The van der Waals surface area contributed by atoms with Crippen molar-refractivity contribution in [3.05, 3.63) is 56.5 Å². The topological polar surface area (TPSA) is 80.3 Å². The van der Waals surface area contributed by atoms with E-state index in [-0.39, 0.29) is 20.1 Å². The predicted octanol–water partition coefficient (Wildman–Crippen LogP) is 3.97. The summed E-state index contributed by atoms with van der Waals surface area (Å²) in [5.41, 5.74) is 0. The molecule has 0 bridgehead atoms. The Morgan fingerprint density at radius 2 is 1.00 bits per heavy atom. The van der Waals surface area contributed by atoms with Crippen molar-refractivity contribution in [1.82, 2.24) is 4.13 Å². The van der Waals surface area contributed by atoms with Crippen molar-refractivity contribution in [2.24, 2.45) is 0 Å². The van der Waals surface area contributed by atoms with Crippen LogP contribution >= 0.6 is 46.4 Å². The smallest absolute Gasteiger partial charge is 0.206 e. The van der Waals surface area contributed by atoms with E-state index in [2.05, 4.69) is 0 Å². The second-order valence-electron chi connectivity index (χ2n) is 4.24. The lowest BCUT2D eigenvalue weighted by Crippen LogP contribution is -2.31. The predicted molar refractivity (Wildman–Crippen MR) is 90.4 cm³/mol. The van der Waals surface area contributed by atoms with Gasteiger partial charge in [0.15, 0.2) is 0 Å². The van der Waals surface area contributed by atoms with Gasteiger partial charge in [0.1, 0.15) is 9.79 Å². The van der Waals surface area contributed by atoms with Crippen molar-refractivity contribution >= 4 is 66.5 Å². The first-order valence-corrected chi connectivity index (χ1v) is 10.2. The van der Waals surface area contributed by atoms with Crippen LogP contribution in [0.4, 0.5) is 0 Å². The van der Waals surface area contributed by atoms with E-state index in [1.54, 1.807) is 4.13 Å². The van der Waals surface area contributed by atoms with E-state index in [0.29, 0.717) is 0 Å². The van der Waals surface area contributed by atoms with Gasteiger partial charge in [-0.3, -0.25) is 0 Å². The van der Waals surface area contributed by atoms with Crippen LogP contribution in [0.3, 0.4) is 0 Å². The highest BCUT2D eigenvalue weighted by Gasteiger charge is 2.28. The van der Waals surface area contributed by atoms with Crippen LogP contribution in [0, 0.1) is 0 Å². The van der Waals surface area contributed by atoms with Crippen LogP contribution in [0.1, 0.15) is 0 Å². The summed E-state index contributed by atoms with van der Waals surface area (Å²) in [4.78, 5) is -0.957. The summed E-state index contributed by atoms with van der Waals surface area (Å²) in [6.07, 6.45) is 0. The number of nitrogens with one attached hydrogen (secondary N) is 1. The third-order valence-corrected chi connectivity index (χ3v) is 7.53. The summed E-state index contributed by atoms with van der Waals surface area (Å²) >= 11 is 23.0. The van der Waals surface area contributed by atoms with Gasteiger partial charge in [0.05, 0.1) is 10.0 Å². The maximum absolute atomic E-state index is 12.3. The number of hydrogen-bond acceptors (Lipinski definition) is 4. The zero-order valence-corrected chi connectivity index (χ0v) is 15.6. The average Bonchev–Trinajstić information content (AvgIpc) is 2.42. The molecule has 0 aliphatic heterocycles. The van der Waals surface area contributed by atoms with Crippen molar-refractivity contribution in [2.45, 2.75) is 9.79 Å². The Balaban J connectivity index is 2.51. The Morgan fingerprint density at radius 3 is 1.35 bits per heavy atom. The molecule has 0 atom stereocenters. The van der Waals surface area contributed by atoms with Gasteiger partial charge in [-0.05, 0) is 36.4 Å². The molecule has 1 N–H and O–H groups in total. The summed E-state index contributed by atoms with van der Waals surface area (Å²) in [6, 6.07) is 7.26. The molecule has 2 rings (SSSR count). The minimum absolute atomic E-state index is 0.0768. The van der Waals surface area contributed by atoms with Crippen molar-refractivity contribution in [3.63, 3.8) is 0 Å². The second kappa shape index (κ2) is 6.76. The van der Waals surface area contributed by atoms with Gasteiger partial charge in [-0.15, -0.1) is 4.13 Å². The van der Waals surface area contributed by atoms with Crippen molar-refractivity contribution in [2.75, 3.05) is 0 Å². The van der Waals surface area contributed by atoms with Gasteiger partial charge in [0.2, 0.25) is 0 Å². The molecule has 0 spiro atoms. The van der Waals surface area contributed by atoms with E-state index in [1.807, 2.05) is 0 Å². The molecule has 0 heterocycles. The van der Waals surface area contributed by atoms with E-state index >= 15 is 0 Å². The quantitative estimate of drug-likeness (QED) is 0.789. The first kappa shape index (κ1) is 18.8. The van der Waals surface area contributed by atoms with Crippen LogP contribution < -0.4 is 4.13 Å². The first-order chi connectivity index (χ1) is 10.5. The molecular weight excluding hydrogens is 428 g/mol. The van der Waals surface area contributed by atoms with Crippen LogP contribution in [-0.4, -0.2) is 16.8 Å². The molecule has 0 unspecified atom stereocenters. The molecule has 2 aromatic rings. The SMILES string of the molecule is O=S(=O)(NS(=O)(=O)c1cc(Cl)ccc1Cl)c1cc(Cl)ccc1Cl. The zero-order valence-electron chi connectivity index (χ0n) is 10.9. The van der Waals surface area contributed by atoms with Gasteiger partial charge in [-0.2, -0.15) is 0 Å². The van der Waals surface area contributed by atoms with Gasteiger partial charge in [-0.1, -0.05) is 46.4 Å². The van der Waals surface area contributed by atoms with E-state index in [1.165, 1.54) is 24.3 Å². The van der Waals surface area contributed by atoms with Crippen molar-refractivity contribution in [3.8, 4) is 0 Å². The van der Waals surface area contributed by atoms with Gasteiger partial charge < -0.3 is 0 Å². The monoisotopic (exact) mass is 433 g/mol. The highest BCUT2D eigenvalue weighted by atomic mass is 35.5. The fourth-order valence-corrected chi connectivity index (χ4v) is 6.01. The molecule has 0 radical (unpaired) electrons. The van der Waals surface area contributed by atoms with Crippen LogP contribution in [0.5, 0.6) is 0 Å².